The van der Waals surface area contributed by atoms with Crippen LogP contribution in [-0.4, -0.2) is 50.0 Å². The van der Waals surface area contributed by atoms with Gasteiger partial charge in [-0.05, 0) is 75.3 Å². The molecule has 1 aliphatic carbocycles. The van der Waals surface area contributed by atoms with Gasteiger partial charge in [-0.2, -0.15) is 0 Å². The van der Waals surface area contributed by atoms with Crippen LogP contribution in [0.4, 0.5) is 5.69 Å². The molecule has 0 aliphatic heterocycles. The van der Waals surface area contributed by atoms with Gasteiger partial charge in [0.05, 0.1) is 11.9 Å². The Bertz CT molecular complexity index is 1220. The van der Waals surface area contributed by atoms with Crippen molar-refractivity contribution in [3.8, 4) is 0 Å². The Kier molecular flexibility index (Phi) is 11.0. The number of aryl methyl sites for hydroxylation is 3. The van der Waals surface area contributed by atoms with Gasteiger partial charge < -0.3 is 10.2 Å². The van der Waals surface area contributed by atoms with Crippen LogP contribution in [0.15, 0.2) is 42.5 Å². The molecule has 7 nitrogen and oxygen atoms in total. The van der Waals surface area contributed by atoms with Gasteiger partial charge >= 0.3 is 0 Å². The number of nitrogens with one attached hydrogen (secondary N) is 1. The highest BCUT2D eigenvalue weighted by molar-refractivity contribution is 7.92. The monoisotopic (exact) mass is 555 g/mol. The Morgan fingerprint density at radius 1 is 0.974 bits per heavy atom. The third-order valence-electron chi connectivity index (χ3n) is 7.74. The average Bonchev–Trinajstić information content (AvgIpc) is 2.89. The summed E-state index contributed by atoms with van der Waals surface area (Å²) in [4.78, 5) is 28.7. The predicted molar refractivity (Wildman–Crippen MR) is 158 cm³/mol. The fraction of sp³-hybridized carbons (Fsp3) is 0.548. The molecule has 39 heavy (non-hydrogen) atoms. The molecule has 2 aromatic rings. The van der Waals surface area contributed by atoms with Crippen LogP contribution in [-0.2, 0) is 26.2 Å². The molecule has 1 saturated carbocycles. The van der Waals surface area contributed by atoms with Crippen LogP contribution in [0.5, 0.6) is 0 Å². The topological polar surface area (TPSA) is 86.8 Å². The maximum atomic E-state index is 13.7. The molecule has 8 heteroatoms. The molecular weight excluding hydrogens is 510 g/mol. The first-order valence-corrected chi connectivity index (χ1v) is 16.0. The molecule has 1 aliphatic rings. The molecule has 0 heterocycles. The SMILES string of the molecule is CC[C@H](C(=O)NC1CCCCC1)N(Cc1ccc(C)cc1)C(=O)CCCN(c1ccc(C)c(C)c1)S(C)(=O)=O. The number of amides is 2. The lowest BCUT2D eigenvalue weighted by atomic mass is 9.95. The van der Waals surface area contributed by atoms with Gasteiger partial charge in [-0.25, -0.2) is 8.42 Å². The van der Waals surface area contributed by atoms with E-state index in [4.69, 9.17) is 0 Å². The fourth-order valence-corrected chi connectivity index (χ4v) is 6.20. The number of anilines is 1. The molecule has 0 unspecified atom stereocenters. The smallest absolute Gasteiger partial charge is 0.243 e. The van der Waals surface area contributed by atoms with Crippen molar-refractivity contribution in [3.05, 3.63) is 64.7 Å². The van der Waals surface area contributed by atoms with Crippen LogP contribution in [0.25, 0.3) is 0 Å². The van der Waals surface area contributed by atoms with Crippen molar-refractivity contribution in [1.82, 2.24) is 10.2 Å². The Labute approximate surface area is 235 Å². The first-order valence-electron chi connectivity index (χ1n) is 14.2. The second-order valence-corrected chi connectivity index (χ2v) is 12.9. The second-order valence-electron chi connectivity index (χ2n) is 11.0. The summed E-state index contributed by atoms with van der Waals surface area (Å²) in [6, 6.07) is 13.2. The van der Waals surface area contributed by atoms with E-state index in [0.717, 1.165) is 47.9 Å². The van der Waals surface area contributed by atoms with Crippen LogP contribution < -0.4 is 9.62 Å². The van der Waals surface area contributed by atoms with Crippen molar-refractivity contribution in [2.75, 3.05) is 17.1 Å². The Balaban J connectivity index is 1.76. The van der Waals surface area contributed by atoms with Crippen LogP contribution in [0, 0.1) is 20.8 Å². The quantitative estimate of drug-likeness (QED) is 0.379. The van der Waals surface area contributed by atoms with Crippen molar-refractivity contribution >= 4 is 27.5 Å². The molecule has 0 bridgehead atoms. The van der Waals surface area contributed by atoms with E-state index in [2.05, 4.69) is 5.32 Å². The molecule has 2 aromatic carbocycles. The van der Waals surface area contributed by atoms with Crippen molar-refractivity contribution in [2.45, 2.75) is 97.7 Å². The van der Waals surface area contributed by atoms with Crippen LogP contribution in [0.1, 0.15) is 80.5 Å². The predicted octanol–water partition coefficient (Wildman–Crippen LogP) is 5.41. The van der Waals surface area contributed by atoms with Gasteiger partial charge in [-0.15, -0.1) is 0 Å². The van der Waals surface area contributed by atoms with Gasteiger partial charge in [0.25, 0.3) is 0 Å². The largest absolute Gasteiger partial charge is 0.352 e. The van der Waals surface area contributed by atoms with E-state index in [0.29, 0.717) is 25.1 Å². The summed E-state index contributed by atoms with van der Waals surface area (Å²) in [5.74, 6) is -0.243. The maximum absolute atomic E-state index is 13.7. The zero-order chi connectivity index (χ0) is 28.6. The molecule has 214 valence electrons. The van der Waals surface area contributed by atoms with Crippen LogP contribution in [0.2, 0.25) is 0 Å². The van der Waals surface area contributed by atoms with Crippen LogP contribution in [0.3, 0.4) is 0 Å². The summed E-state index contributed by atoms with van der Waals surface area (Å²) in [5.41, 5.74) is 4.79. The van der Waals surface area contributed by atoms with Crippen LogP contribution >= 0.6 is 0 Å². The lowest BCUT2D eigenvalue weighted by Gasteiger charge is -2.33. The molecule has 1 atom stereocenters. The van der Waals surface area contributed by atoms with E-state index >= 15 is 0 Å². The number of carbonyl (C=O) groups is 2. The van der Waals surface area contributed by atoms with Gasteiger partial charge in [-0.1, -0.05) is 62.1 Å². The third-order valence-corrected chi connectivity index (χ3v) is 8.94. The molecule has 1 fully saturated rings. The lowest BCUT2D eigenvalue weighted by molar-refractivity contribution is -0.141. The number of carbonyl (C=O) groups excluding carboxylic acids is 2. The number of hydrogen-bond donors (Lipinski definition) is 1. The number of nitrogens with zero attached hydrogens (tertiary/aromatic N) is 2. The van der Waals surface area contributed by atoms with Gasteiger partial charge in [0.1, 0.15) is 6.04 Å². The molecule has 0 aromatic heterocycles. The highest BCUT2D eigenvalue weighted by Crippen LogP contribution is 2.23. The molecule has 2 amide bonds. The normalized spacial score (nSPS) is 15.0. The third kappa shape index (κ3) is 8.82. The summed E-state index contributed by atoms with van der Waals surface area (Å²) in [5, 5.41) is 3.21. The molecule has 3 rings (SSSR count). The van der Waals surface area contributed by atoms with Crippen molar-refractivity contribution in [1.29, 1.82) is 0 Å². The van der Waals surface area contributed by atoms with E-state index in [9.17, 15) is 18.0 Å². The van der Waals surface area contributed by atoms with Gasteiger partial charge in [0.15, 0.2) is 0 Å². The van der Waals surface area contributed by atoms with E-state index in [1.54, 1.807) is 11.0 Å². The summed E-state index contributed by atoms with van der Waals surface area (Å²) in [6.07, 6.45) is 7.59. The first kappa shape index (κ1) is 30.7. The van der Waals surface area contributed by atoms with E-state index < -0.39 is 16.1 Å². The molecular formula is C31H45N3O4S. The summed E-state index contributed by atoms with van der Waals surface area (Å²) >= 11 is 0. The van der Waals surface area contributed by atoms with Gasteiger partial charge in [-0.3, -0.25) is 13.9 Å². The number of rotatable bonds is 12. The number of sulfonamides is 1. The standard InChI is InChI=1S/C31H45N3O4S/c1-6-29(31(36)32-27-11-8-7-9-12-27)33(22-26-17-14-23(2)15-18-26)30(35)13-10-20-34(39(5,37)38)28-19-16-24(3)25(4)21-28/h14-19,21,27,29H,6-13,20,22H2,1-5H3,(H,32,36)/t29-/m1/s1. The van der Waals surface area contributed by atoms with Crippen molar-refractivity contribution in [3.63, 3.8) is 0 Å². The van der Waals surface area contributed by atoms with Gasteiger partial charge in [0.2, 0.25) is 21.8 Å². The summed E-state index contributed by atoms with van der Waals surface area (Å²) in [7, 11) is -3.52. The highest BCUT2D eigenvalue weighted by atomic mass is 32.2. The zero-order valence-corrected chi connectivity index (χ0v) is 25.0. The Morgan fingerprint density at radius 3 is 2.23 bits per heavy atom. The first-order chi connectivity index (χ1) is 18.5. The average molecular weight is 556 g/mol. The van der Waals surface area contributed by atoms with Crippen molar-refractivity contribution < 1.29 is 18.0 Å². The Morgan fingerprint density at radius 2 is 1.64 bits per heavy atom. The molecule has 0 radical (unpaired) electrons. The summed E-state index contributed by atoms with van der Waals surface area (Å²) < 4.78 is 26.6. The van der Waals surface area contributed by atoms with E-state index in [1.165, 1.54) is 17.0 Å². The summed E-state index contributed by atoms with van der Waals surface area (Å²) in [6.45, 7) is 8.42. The highest BCUT2D eigenvalue weighted by Gasteiger charge is 2.30. The molecule has 0 saturated heterocycles. The fourth-order valence-electron chi connectivity index (χ4n) is 5.24. The maximum Gasteiger partial charge on any atom is 0.243 e. The van der Waals surface area contributed by atoms with E-state index in [1.807, 2.05) is 64.1 Å². The molecule has 0 spiro atoms. The van der Waals surface area contributed by atoms with Gasteiger partial charge in [0, 0.05) is 25.6 Å². The number of hydrogen-bond acceptors (Lipinski definition) is 4. The minimum absolute atomic E-state index is 0.0993. The molecule has 1 N–H and O–H groups in total. The number of benzene rings is 2. The van der Waals surface area contributed by atoms with Crippen molar-refractivity contribution in [2.24, 2.45) is 0 Å². The lowest BCUT2D eigenvalue weighted by Crippen LogP contribution is -2.51. The zero-order valence-electron chi connectivity index (χ0n) is 24.2. The minimum Gasteiger partial charge on any atom is -0.352 e. The second kappa shape index (κ2) is 14.0. The van der Waals surface area contributed by atoms with E-state index in [-0.39, 0.29) is 30.8 Å². The Hall–Kier alpha value is -2.87. The minimum atomic E-state index is -3.52.